The zero-order valence-corrected chi connectivity index (χ0v) is 18.8. The van der Waals surface area contributed by atoms with Gasteiger partial charge in [0, 0.05) is 22.5 Å². The number of aromatic nitrogens is 1. The number of amides is 1. The molecule has 1 unspecified atom stereocenters. The Balaban J connectivity index is 1.94. The van der Waals surface area contributed by atoms with Crippen LogP contribution < -0.4 is 9.64 Å². The van der Waals surface area contributed by atoms with E-state index >= 15 is 0 Å². The fourth-order valence-corrected chi connectivity index (χ4v) is 4.33. The van der Waals surface area contributed by atoms with Gasteiger partial charge in [0.25, 0.3) is 11.7 Å². The van der Waals surface area contributed by atoms with Gasteiger partial charge in [-0.05, 0) is 48.5 Å². The van der Waals surface area contributed by atoms with E-state index in [1.807, 2.05) is 0 Å². The zero-order valence-electron chi connectivity index (χ0n) is 16.6. The van der Waals surface area contributed by atoms with Gasteiger partial charge in [-0.3, -0.25) is 19.5 Å². The van der Waals surface area contributed by atoms with Crippen LogP contribution in [0.25, 0.3) is 5.76 Å². The van der Waals surface area contributed by atoms with Crippen molar-refractivity contribution in [1.29, 1.82) is 0 Å². The number of ketones is 1. The highest BCUT2D eigenvalue weighted by Gasteiger charge is 2.47. The molecule has 4 rings (SSSR count). The van der Waals surface area contributed by atoms with Crippen molar-refractivity contribution < 1.29 is 19.4 Å². The molecule has 162 valence electrons. The molecule has 1 N–H and O–H groups in total. The lowest BCUT2D eigenvalue weighted by molar-refractivity contribution is -0.132. The minimum Gasteiger partial charge on any atom is -0.507 e. The molecule has 6 nitrogen and oxygen atoms in total. The predicted molar refractivity (Wildman–Crippen MR) is 123 cm³/mol. The Morgan fingerprint density at radius 3 is 2.25 bits per heavy atom. The van der Waals surface area contributed by atoms with Gasteiger partial charge in [-0.25, -0.2) is 0 Å². The molecular weight excluding hydrogens is 475 g/mol. The molecule has 2 heterocycles. The number of hydrogen-bond acceptors (Lipinski definition) is 5. The lowest BCUT2D eigenvalue weighted by Gasteiger charge is -2.24. The smallest absolute Gasteiger partial charge is 0.300 e. The minimum absolute atomic E-state index is 0.138. The SMILES string of the molecule is COc1c(Cl)cc(/C(O)=C2\C(=O)C(=O)N(c3ccc(Cl)cc3)C2c2ccccn2)cc1Cl. The van der Waals surface area contributed by atoms with E-state index in [4.69, 9.17) is 39.5 Å². The maximum Gasteiger partial charge on any atom is 0.300 e. The first kappa shape index (κ1) is 22.1. The van der Waals surface area contributed by atoms with Crippen molar-refractivity contribution in [1.82, 2.24) is 4.98 Å². The van der Waals surface area contributed by atoms with Crippen molar-refractivity contribution in [3.63, 3.8) is 0 Å². The molecule has 1 aromatic heterocycles. The molecule has 32 heavy (non-hydrogen) atoms. The largest absolute Gasteiger partial charge is 0.507 e. The minimum atomic E-state index is -0.975. The maximum absolute atomic E-state index is 13.1. The number of pyridine rings is 1. The number of carbonyl (C=O) groups excluding carboxylic acids is 2. The van der Waals surface area contributed by atoms with E-state index in [0.29, 0.717) is 16.4 Å². The van der Waals surface area contributed by atoms with Crippen molar-refractivity contribution in [2.24, 2.45) is 0 Å². The van der Waals surface area contributed by atoms with Gasteiger partial charge < -0.3 is 9.84 Å². The van der Waals surface area contributed by atoms with Gasteiger partial charge in [-0.1, -0.05) is 40.9 Å². The Morgan fingerprint density at radius 1 is 1.03 bits per heavy atom. The third-order valence-electron chi connectivity index (χ3n) is 4.99. The lowest BCUT2D eigenvalue weighted by Crippen LogP contribution is -2.29. The fraction of sp³-hybridized carbons (Fsp3) is 0.0870. The standard InChI is InChI=1S/C23H15Cl3N2O4/c1-32-22-15(25)10-12(11-16(22)26)20(29)18-19(17-4-2-3-9-27-17)28(23(31)21(18)30)14-7-5-13(24)6-8-14/h2-11,19,29H,1H3/b20-18+. The second kappa shape index (κ2) is 8.82. The number of ether oxygens (including phenoxy) is 1. The topological polar surface area (TPSA) is 79.7 Å². The number of carbonyl (C=O) groups is 2. The predicted octanol–water partition coefficient (Wildman–Crippen LogP) is 5.68. The number of anilines is 1. The van der Waals surface area contributed by atoms with E-state index < -0.39 is 23.5 Å². The number of aliphatic hydroxyl groups is 1. The van der Waals surface area contributed by atoms with Crippen molar-refractivity contribution in [3.05, 3.63) is 92.7 Å². The van der Waals surface area contributed by atoms with Gasteiger partial charge in [0.1, 0.15) is 11.8 Å². The van der Waals surface area contributed by atoms with Crippen molar-refractivity contribution in [3.8, 4) is 5.75 Å². The quantitative estimate of drug-likeness (QED) is 0.290. The number of Topliss-reactive ketones (excluding diaryl/α,β-unsaturated/α-hetero) is 1. The summed E-state index contributed by atoms with van der Waals surface area (Å²) >= 11 is 18.4. The van der Waals surface area contributed by atoms with Crippen LogP contribution in [0.5, 0.6) is 5.75 Å². The van der Waals surface area contributed by atoms with Crippen LogP contribution in [0, 0.1) is 0 Å². The number of benzene rings is 2. The molecule has 1 fully saturated rings. The maximum atomic E-state index is 13.1. The van der Waals surface area contributed by atoms with Crippen molar-refractivity contribution in [2.75, 3.05) is 12.0 Å². The summed E-state index contributed by atoms with van der Waals surface area (Å²) in [5.41, 5.74) is 0.850. The van der Waals surface area contributed by atoms with Crippen LogP contribution in [0.1, 0.15) is 17.3 Å². The van der Waals surface area contributed by atoms with Gasteiger partial charge in [0.2, 0.25) is 0 Å². The highest BCUT2D eigenvalue weighted by atomic mass is 35.5. The van der Waals surface area contributed by atoms with E-state index in [2.05, 4.69) is 4.98 Å². The van der Waals surface area contributed by atoms with Gasteiger partial charge in [-0.15, -0.1) is 0 Å². The first-order valence-electron chi connectivity index (χ1n) is 9.34. The van der Waals surface area contributed by atoms with Gasteiger partial charge in [-0.2, -0.15) is 0 Å². The molecule has 1 saturated heterocycles. The number of halogens is 3. The molecule has 1 aliphatic heterocycles. The molecule has 0 bridgehead atoms. The van der Waals surface area contributed by atoms with E-state index in [1.54, 1.807) is 48.7 Å². The van der Waals surface area contributed by atoms with Crippen LogP contribution in [0.2, 0.25) is 15.1 Å². The summed E-state index contributed by atoms with van der Waals surface area (Å²) in [6, 6.07) is 13.4. The average Bonchev–Trinajstić information content (AvgIpc) is 3.05. The highest BCUT2D eigenvalue weighted by molar-refractivity contribution is 6.51. The molecule has 1 amide bonds. The normalized spacial score (nSPS) is 17.6. The summed E-state index contributed by atoms with van der Waals surface area (Å²) in [6.45, 7) is 0. The molecule has 9 heteroatoms. The van der Waals surface area contributed by atoms with Crippen LogP contribution >= 0.6 is 34.8 Å². The molecule has 2 aromatic carbocycles. The summed E-state index contributed by atoms with van der Waals surface area (Å²) in [4.78, 5) is 31.7. The molecule has 1 atom stereocenters. The van der Waals surface area contributed by atoms with E-state index in [9.17, 15) is 14.7 Å². The molecule has 0 radical (unpaired) electrons. The fourth-order valence-electron chi connectivity index (χ4n) is 3.57. The Morgan fingerprint density at radius 2 is 1.69 bits per heavy atom. The second-order valence-electron chi connectivity index (χ2n) is 6.87. The third kappa shape index (κ3) is 3.81. The van der Waals surface area contributed by atoms with Crippen LogP contribution in [0.15, 0.2) is 66.4 Å². The number of rotatable bonds is 4. The first-order chi connectivity index (χ1) is 15.3. The zero-order chi connectivity index (χ0) is 23.0. The summed E-state index contributed by atoms with van der Waals surface area (Å²) in [7, 11) is 1.41. The molecule has 0 saturated carbocycles. The Kier molecular flexibility index (Phi) is 6.11. The third-order valence-corrected chi connectivity index (χ3v) is 5.81. The molecule has 3 aromatic rings. The van der Waals surface area contributed by atoms with Gasteiger partial charge >= 0.3 is 0 Å². The van der Waals surface area contributed by atoms with Gasteiger partial charge in [0.05, 0.1) is 28.4 Å². The number of hydrogen-bond donors (Lipinski definition) is 1. The van der Waals surface area contributed by atoms with Crippen molar-refractivity contribution >= 4 is 57.9 Å². The van der Waals surface area contributed by atoms with Gasteiger partial charge in [0.15, 0.2) is 5.75 Å². The summed E-state index contributed by atoms with van der Waals surface area (Å²) in [5.74, 6) is -1.87. The van der Waals surface area contributed by atoms with Crippen LogP contribution in [0.3, 0.4) is 0 Å². The van der Waals surface area contributed by atoms with Crippen LogP contribution in [0.4, 0.5) is 5.69 Å². The van der Waals surface area contributed by atoms with Crippen LogP contribution in [-0.4, -0.2) is 28.9 Å². The highest BCUT2D eigenvalue weighted by Crippen LogP contribution is 2.43. The summed E-state index contributed by atoms with van der Waals surface area (Å²) in [6.07, 6.45) is 1.54. The Bertz CT molecular complexity index is 1220. The second-order valence-corrected chi connectivity index (χ2v) is 8.12. The molecule has 0 aliphatic carbocycles. The van der Waals surface area contributed by atoms with E-state index in [1.165, 1.54) is 24.1 Å². The molecular formula is C23H15Cl3N2O4. The summed E-state index contributed by atoms with van der Waals surface area (Å²) in [5, 5.41) is 11.9. The Labute approximate surface area is 198 Å². The first-order valence-corrected chi connectivity index (χ1v) is 10.5. The number of methoxy groups -OCH3 is 1. The van der Waals surface area contributed by atoms with Crippen LogP contribution in [-0.2, 0) is 9.59 Å². The number of nitrogens with zero attached hydrogens (tertiary/aromatic N) is 2. The van der Waals surface area contributed by atoms with E-state index in [0.717, 1.165) is 0 Å². The average molecular weight is 490 g/mol. The van der Waals surface area contributed by atoms with E-state index in [-0.39, 0.29) is 26.9 Å². The van der Waals surface area contributed by atoms with Crippen molar-refractivity contribution in [2.45, 2.75) is 6.04 Å². The molecule has 1 aliphatic rings. The number of aliphatic hydroxyl groups excluding tert-OH is 1. The monoisotopic (exact) mass is 488 g/mol. The Hall–Kier alpha value is -3.06. The lowest BCUT2D eigenvalue weighted by atomic mass is 9.98. The summed E-state index contributed by atoms with van der Waals surface area (Å²) < 4.78 is 5.14. The molecule has 0 spiro atoms.